The van der Waals surface area contributed by atoms with Crippen LogP contribution in [0, 0.1) is 6.92 Å². The van der Waals surface area contributed by atoms with Crippen molar-refractivity contribution in [1.82, 2.24) is 9.38 Å². The first-order valence-corrected chi connectivity index (χ1v) is 9.95. The summed E-state index contributed by atoms with van der Waals surface area (Å²) in [4.78, 5) is 5.52. The number of nitrogens with one attached hydrogen (secondary N) is 1. The van der Waals surface area contributed by atoms with Gasteiger partial charge in [-0.3, -0.25) is 4.72 Å². The van der Waals surface area contributed by atoms with Crippen molar-refractivity contribution in [3.05, 3.63) is 71.9 Å². The quantitative estimate of drug-likeness (QED) is 0.587. The number of hydrogen-bond donors (Lipinski definition) is 1. The molecule has 0 atom stereocenters. The highest BCUT2D eigenvalue weighted by Gasteiger charge is 2.16. The highest BCUT2D eigenvalue weighted by Crippen LogP contribution is 2.25. The van der Waals surface area contributed by atoms with Crippen LogP contribution < -0.4 is 4.72 Å². The molecular weight excluding hydrogens is 354 g/mol. The fourth-order valence-electron chi connectivity index (χ4n) is 2.54. The highest BCUT2D eigenvalue weighted by molar-refractivity contribution is 7.94. The molecule has 0 aliphatic heterocycles. The molecule has 1 N–H and O–H groups in total. The Morgan fingerprint density at radius 2 is 1.84 bits per heavy atom. The molecule has 1 aromatic carbocycles. The summed E-state index contributed by atoms with van der Waals surface area (Å²) in [5.41, 5.74) is 3.17. The van der Waals surface area contributed by atoms with Gasteiger partial charge in [0.25, 0.3) is 10.0 Å². The number of imidazole rings is 1. The van der Waals surface area contributed by atoms with E-state index in [-0.39, 0.29) is 0 Å². The summed E-state index contributed by atoms with van der Waals surface area (Å²) < 4.78 is 29.6. The first-order valence-electron chi connectivity index (χ1n) is 7.65. The molecule has 3 aromatic heterocycles. The molecule has 0 radical (unpaired) electrons. The van der Waals surface area contributed by atoms with Crippen LogP contribution in [-0.2, 0) is 10.0 Å². The van der Waals surface area contributed by atoms with Gasteiger partial charge in [0.1, 0.15) is 9.86 Å². The van der Waals surface area contributed by atoms with Gasteiger partial charge in [-0.15, -0.1) is 11.3 Å². The summed E-state index contributed by atoms with van der Waals surface area (Å²) in [5, 5.41) is 0. The summed E-state index contributed by atoms with van der Waals surface area (Å²) >= 11 is 1.25. The molecule has 0 unspecified atom stereocenters. The predicted molar refractivity (Wildman–Crippen MR) is 100 cm³/mol. The maximum Gasteiger partial charge on any atom is 0.271 e. The average Bonchev–Trinajstić information content (AvgIpc) is 3.21. The summed E-state index contributed by atoms with van der Waals surface area (Å²) in [7, 11) is -3.54. The fraction of sp³-hybridized carbons (Fsp3) is 0.0556. The van der Waals surface area contributed by atoms with Crippen LogP contribution in [-0.4, -0.2) is 17.8 Å². The van der Waals surface area contributed by atoms with Crippen molar-refractivity contribution in [3.63, 3.8) is 0 Å². The van der Waals surface area contributed by atoms with Crippen molar-refractivity contribution in [2.45, 2.75) is 11.1 Å². The number of fused-ring (bicyclic) bond motifs is 1. The molecule has 7 heteroatoms. The molecule has 0 saturated carbocycles. The third-order valence-electron chi connectivity index (χ3n) is 3.78. The van der Waals surface area contributed by atoms with Gasteiger partial charge in [0, 0.05) is 28.5 Å². The lowest BCUT2D eigenvalue weighted by Crippen LogP contribution is -2.11. The van der Waals surface area contributed by atoms with Crippen LogP contribution in [0.1, 0.15) is 4.88 Å². The lowest BCUT2D eigenvalue weighted by molar-refractivity contribution is 0.603. The van der Waals surface area contributed by atoms with Crippen molar-refractivity contribution < 1.29 is 8.42 Å². The molecule has 5 nitrogen and oxygen atoms in total. The Kier molecular flexibility index (Phi) is 3.82. The third kappa shape index (κ3) is 3.16. The average molecular weight is 369 g/mol. The number of anilines is 1. The normalized spacial score (nSPS) is 11.7. The zero-order chi connectivity index (χ0) is 17.4. The van der Waals surface area contributed by atoms with Crippen LogP contribution in [0.15, 0.2) is 71.2 Å². The number of hydrogen-bond acceptors (Lipinski definition) is 4. The molecule has 4 rings (SSSR count). The minimum Gasteiger partial charge on any atom is -0.306 e. The van der Waals surface area contributed by atoms with E-state index in [0.717, 1.165) is 21.8 Å². The molecular formula is C18H15N3O2S2. The van der Waals surface area contributed by atoms with Gasteiger partial charge in [-0.2, -0.15) is 0 Å². The van der Waals surface area contributed by atoms with E-state index in [4.69, 9.17) is 0 Å². The van der Waals surface area contributed by atoms with Gasteiger partial charge in [-0.1, -0.05) is 18.2 Å². The van der Waals surface area contributed by atoms with Crippen molar-refractivity contribution in [2.24, 2.45) is 0 Å². The number of sulfonamides is 1. The van der Waals surface area contributed by atoms with Crippen LogP contribution >= 0.6 is 11.3 Å². The second kappa shape index (κ2) is 6.02. The second-order valence-electron chi connectivity index (χ2n) is 5.64. The molecule has 0 amide bonds. The molecule has 0 fully saturated rings. The van der Waals surface area contributed by atoms with Crippen LogP contribution in [0.3, 0.4) is 0 Å². The fourth-order valence-corrected chi connectivity index (χ4v) is 4.89. The zero-order valence-corrected chi connectivity index (χ0v) is 15.0. The van der Waals surface area contributed by atoms with Crippen molar-refractivity contribution >= 4 is 32.7 Å². The van der Waals surface area contributed by atoms with Gasteiger partial charge in [0.15, 0.2) is 0 Å². The monoisotopic (exact) mass is 369 g/mol. The number of pyridine rings is 1. The van der Waals surface area contributed by atoms with Crippen molar-refractivity contribution in [2.75, 3.05) is 4.72 Å². The molecule has 0 spiro atoms. The van der Waals surface area contributed by atoms with Gasteiger partial charge in [0.05, 0.1) is 5.69 Å². The second-order valence-corrected chi connectivity index (χ2v) is 8.84. The number of thiophene rings is 1. The Bertz CT molecular complexity index is 1110. The SMILES string of the molecule is Cc1ccc(S(=O)(=O)Nc2ccc(-c3cn4ccccc4n3)cc2)s1. The third-order valence-corrected chi connectivity index (χ3v) is 6.65. The van der Waals surface area contributed by atoms with E-state index in [1.54, 1.807) is 24.3 Å². The predicted octanol–water partition coefficient (Wildman–Crippen LogP) is 4.17. The minimum atomic E-state index is -3.54. The lowest BCUT2D eigenvalue weighted by atomic mass is 10.1. The summed E-state index contributed by atoms with van der Waals surface area (Å²) in [6, 6.07) is 16.5. The number of aryl methyl sites for hydroxylation is 1. The highest BCUT2D eigenvalue weighted by atomic mass is 32.2. The number of benzene rings is 1. The largest absolute Gasteiger partial charge is 0.306 e. The van der Waals surface area contributed by atoms with E-state index < -0.39 is 10.0 Å². The van der Waals surface area contributed by atoms with Gasteiger partial charge >= 0.3 is 0 Å². The standard InChI is InChI=1S/C18H15N3O2S2/c1-13-5-10-18(24-13)25(22,23)20-15-8-6-14(7-9-15)16-12-21-11-3-2-4-17(21)19-16/h2-12,20H,1H3. The first kappa shape index (κ1) is 15.9. The van der Waals surface area contributed by atoms with E-state index in [1.807, 2.05) is 54.0 Å². The van der Waals surface area contributed by atoms with Crippen molar-refractivity contribution in [1.29, 1.82) is 0 Å². The molecule has 0 aliphatic rings. The van der Waals surface area contributed by atoms with Gasteiger partial charge < -0.3 is 4.40 Å². The van der Waals surface area contributed by atoms with Crippen LogP contribution in [0.4, 0.5) is 5.69 Å². The Morgan fingerprint density at radius 1 is 1.04 bits per heavy atom. The Morgan fingerprint density at radius 3 is 2.52 bits per heavy atom. The molecule has 4 aromatic rings. The molecule has 0 aliphatic carbocycles. The van der Waals surface area contributed by atoms with Crippen LogP contribution in [0.25, 0.3) is 16.9 Å². The van der Waals surface area contributed by atoms with Crippen LogP contribution in [0.2, 0.25) is 0 Å². The van der Waals surface area contributed by atoms with E-state index >= 15 is 0 Å². The molecule has 0 bridgehead atoms. The number of rotatable bonds is 4. The topological polar surface area (TPSA) is 63.5 Å². The number of nitrogens with zero attached hydrogens (tertiary/aromatic N) is 2. The Labute approximate surface area is 149 Å². The molecule has 3 heterocycles. The smallest absolute Gasteiger partial charge is 0.271 e. The van der Waals surface area contributed by atoms with Gasteiger partial charge in [0.2, 0.25) is 0 Å². The van der Waals surface area contributed by atoms with E-state index in [2.05, 4.69) is 9.71 Å². The summed E-state index contributed by atoms with van der Waals surface area (Å²) in [6.07, 6.45) is 3.89. The Hall–Kier alpha value is -2.64. The van der Waals surface area contributed by atoms with E-state index in [0.29, 0.717) is 9.90 Å². The summed E-state index contributed by atoms with van der Waals surface area (Å²) in [5.74, 6) is 0. The number of aromatic nitrogens is 2. The van der Waals surface area contributed by atoms with E-state index in [9.17, 15) is 8.42 Å². The van der Waals surface area contributed by atoms with Gasteiger partial charge in [-0.05, 0) is 43.3 Å². The molecule has 126 valence electrons. The maximum absolute atomic E-state index is 12.4. The first-order chi connectivity index (χ1) is 12.0. The zero-order valence-electron chi connectivity index (χ0n) is 13.4. The minimum absolute atomic E-state index is 0.314. The maximum atomic E-state index is 12.4. The molecule has 25 heavy (non-hydrogen) atoms. The Balaban J connectivity index is 1.59. The van der Waals surface area contributed by atoms with Crippen molar-refractivity contribution in [3.8, 4) is 11.3 Å². The van der Waals surface area contributed by atoms with Crippen LogP contribution in [0.5, 0.6) is 0 Å². The summed E-state index contributed by atoms with van der Waals surface area (Å²) in [6.45, 7) is 1.88. The lowest BCUT2D eigenvalue weighted by Gasteiger charge is -2.06. The van der Waals surface area contributed by atoms with Gasteiger partial charge in [-0.25, -0.2) is 13.4 Å². The molecule has 0 saturated heterocycles. The van der Waals surface area contributed by atoms with E-state index in [1.165, 1.54) is 11.3 Å².